The highest BCUT2D eigenvalue weighted by Gasteiger charge is 2.55. The van der Waals surface area contributed by atoms with Crippen LogP contribution in [0.2, 0.25) is 0 Å². The second kappa shape index (κ2) is 7.94. The minimum atomic E-state index is -0.574. The minimum Gasteiger partial charge on any atom is -0.453 e. The molecule has 0 spiro atoms. The first-order valence-electron chi connectivity index (χ1n) is 11.3. The summed E-state index contributed by atoms with van der Waals surface area (Å²) in [6.45, 7) is 1.84. The second-order valence-electron chi connectivity index (χ2n) is 9.03. The number of aromatic nitrogens is 6. The molecule has 2 aliphatic rings. The van der Waals surface area contributed by atoms with Crippen LogP contribution in [0.5, 0.6) is 0 Å². The molecule has 4 aromatic rings. The maximum absolute atomic E-state index is 13.0. The number of piperidine rings is 1. The van der Waals surface area contributed by atoms with Gasteiger partial charge in [-0.3, -0.25) is 19.1 Å². The summed E-state index contributed by atoms with van der Waals surface area (Å²) < 4.78 is 9.86. The van der Waals surface area contributed by atoms with Crippen LogP contribution in [0.15, 0.2) is 41.6 Å². The lowest BCUT2D eigenvalue weighted by molar-refractivity contribution is 0.187. The van der Waals surface area contributed by atoms with Crippen LogP contribution in [-0.2, 0) is 18.8 Å². The number of imidazole rings is 1. The summed E-state index contributed by atoms with van der Waals surface area (Å²) in [5.41, 5.74) is 4.15. The van der Waals surface area contributed by atoms with Gasteiger partial charge in [-0.15, -0.1) is 0 Å². The monoisotopic (exact) mass is 475 g/mol. The Kier molecular flexibility index (Phi) is 4.85. The van der Waals surface area contributed by atoms with Gasteiger partial charge >= 0.3 is 11.8 Å². The molecule has 1 amide bonds. The lowest BCUT2D eigenvalue weighted by atomic mass is 10.1. The van der Waals surface area contributed by atoms with Gasteiger partial charge in [0.15, 0.2) is 5.65 Å². The van der Waals surface area contributed by atoms with E-state index in [4.69, 9.17) is 9.72 Å². The molecule has 0 bridgehead atoms. The van der Waals surface area contributed by atoms with Gasteiger partial charge in [0.25, 0.3) is 0 Å². The number of carbonyl (C=O) groups is 1. The summed E-state index contributed by atoms with van der Waals surface area (Å²) in [7, 11) is 4.90. The Hall–Kier alpha value is -4.19. The number of rotatable bonds is 5. The average molecular weight is 476 g/mol. The lowest BCUT2D eigenvalue weighted by Crippen LogP contribution is -2.26. The molecule has 4 heterocycles. The van der Waals surface area contributed by atoms with Gasteiger partial charge in [0, 0.05) is 56.4 Å². The van der Waals surface area contributed by atoms with Crippen molar-refractivity contribution in [2.24, 2.45) is 25.9 Å². The topological polar surface area (TPSA) is 133 Å². The summed E-state index contributed by atoms with van der Waals surface area (Å²) >= 11 is 0. The Labute approximate surface area is 199 Å². The van der Waals surface area contributed by atoms with Crippen molar-refractivity contribution in [1.82, 2.24) is 34.2 Å². The number of methoxy groups -OCH3 is 1. The summed E-state index contributed by atoms with van der Waals surface area (Å²) in [6.07, 6.45) is 4.72. The summed E-state index contributed by atoms with van der Waals surface area (Å²) in [6, 6.07) is 5.68. The number of amides is 1. The van der Waals surface area contributed by atoms with Crippen molar-refractivity contribution < 1.29 is 9.53 Å². The summed E-state index contributed by atoms with van der Waals surface area (Å²) in [5, 5.41) is 13.5. The normalized spacial score (nSPS) is 20.6. The number of fused-ring (bicyclic) bond motifs is 2. The van der Waals surface area contributed by atoms with Gasteiger partial charge in [-0.2, -0.15) is 10.1 Å². The predicted molar refractivity (Wildman–Crippen MR) is 130 cm³/mol. The van der Waals surface area contributed by atoms with Crippen molar-refractivity contribution >= 4 is 34.6 Å². The number of carbonyl (C=O) groups excluding carboxylic acids is 1. The van der Waals surface area contributed by atoms with Crippen molar-refractivity contribution in [2.45, 2.75) is 6.04 Å². The molecule has 0 radical (unpaired) electrons. The molecule has 180 valence electrons. The molecule has 12 nitrogen and oxygen atoms in total. The van der Waals surface area contributed by atoms with Crippen LogP contribution in [0, 0.1) is 11.8 Å². The van der Waals surface area contributed by atoms with Gasteiger partial charge < -0.3 is 15.4 Å². The zero-order chi connectivity index (χ0) is 24.3. The van der Waals surface area contributed by atoms with Gasteiger partial charge in [-0.25, -0.2) is 14.6 Å². The highest BCUT2D eigenvalue weighted by atomic mass is 16.5. The van der Waals surface area contributed by atoms with E-state index in [2.05, 4.69) is 26.0 Å². The standard InChI is InChI=1S/C23H25N9O3/c1-30-11-13(7-26-30)12-4-14(6-15(5-12)28-22(33)35-3)27-21-25-10-18-20(29-21)32(23(34)31(18)2)19-16-8-24-9-17(16)19/h4-7,10-11,16-17,19,24H,8-9H2,1-3H3,(H,28,33)(H,25,27,29)/t16-,17+,19?. The molecule has 1 aliphatic heterocycles. The van der Waals surface area contributed by atoms with Gasteiger partial charge in [-0.05, 0) is 35.6 Å². The molecule has 3 aromatic heterocycles. The molecule has 2 fully saturated rings. The van der Waals surface area contributed by atoms with Crippen molar-refractivity contribution in [1.29, 1.82) is 0 Å². The molecule has 3 N–H and O–H groups in total. The number of ether oxygens (including phenoxy) is 1. The fourth-order valence-electron chi connectivity index (χ4n) is 5.04. The third kappa shape index (κ3) is 3.62. The van der Waals surface area contributed by atoms with E-state index in [0.29, 0.717) is 40.3 Å². The van der Waals surface area contributed by atoms with Crippen LogP contribution in [0.1, 0.15) is 6.04 Å². The Morgan fingerprint density at radius 3 is 2.60 bits per heavy atom. The molecule has 1 aliphatic carbocycles. The van der Waals surface area contributed by atoms with Gasteiger partial charge in [0.2, 0.25) is 5.95 Å². The van der Waals surface area contributed by atoms with E-state index in [1.165, 1.54) is 7.11 Å². The van der Waals surface area contributed by atoms with E-state index in [0.717, 1.165) is 24.2 Å². The first-order chi connectivity index (χ1) is 16.9. The van der Waals surface area contributed by atoms with Crippen molar-refractivity contribution in [3.05, 3.63) is 47.3 Å². The number of benzene rings is 1. The number of nitrogens with one attached hydrogen (secondary N) is 3. The third-order valence-corrected chi connectivity index (χ3v) is 6.84. The van der Waals surface area contributed by atoms with E-state index in [1.54, 1.807) is 34.8 Å². The molecule has 1 aromatic carbocycles. The highest BCUT2D eigenvalue weighted by Crippen LogP contribution is 2.52. The van der Waals surface area contributed by atoms with Crippen LogP contribution in [0.4, 0.5) is 22.1 Å². The average Bonchev–Trinajstić information content (AvgIpc) is 3.20. The molecular formula is C23H25N9O3. The van der Waals surface area contributed by atoms with Gasteiger partial charge in [0.1, 0.15) is 5.52 Å². The van der Waals surface area contributed by atoms with E-state index >= 15 is 0 Å². The molecule has 1 saturated heterocycles. The van der Waals surface area contributed by atoms with Crippen LogP contribution >= 0.6 is 0 Å². The Balaban J connectivity index is 1.38. The Morgan fingerprint density at radius 1 is 1.11 bits per heavy atom. The first kappa shape index (κ1) is 21.4. The summed E-state index contributed by atoms with van der Waals surface area (Å²) in [4.78, 5) is 34.0. The van der Waals surface area contributed by atoms with E-state index in [-0.39, 0.29) is 11.7 Å². The number of aryl methyl sites for hydroxylation is 2. The fraction of sp³-hybridized carbons (Fsp3) is 0.348. The Morgan fingerprint density at radius 2 is 1.89 bits per heavy atom. The van der Waals surface area contributed by atoms with Crippen LogP contribution < -0.4 is 21.6 Å². The molecular weight excluding hydrogens is 450 g/mol. The van der Waals surface area contributed by atoms with Crippen LogP contribution in [0.3, 0.4) is 0 Å². The molecule has 3 atom stereocenters. The predicted octanol–water partition coefficient (Wildman–Crippen LogP) is 1.84. The summed E-state index contributed by atoms with van der Waals surface area (Å²) in [5.74, 6) is 1.29. The van der Waals surface area contributed by atoms with Crippen LogP contribution in [0.25, 0.3) is 22.3 Å². The second-order valence-corrected chi connectivity index (χ2v) is 9.03. The van der Waals surface area contributed by atoms with Crippen LogP contribution in [-0.4, -0.2) is 55.2 Å². The van der Waals surface area contributed by atoms with E-state index < -0.39 is 6.09 Å². The largest absolute Gasteiger partial charge is 0.453 e. The molecule has 1 saturated carbocycles. The first-order valence-corrected chi connectivity index (χ1v) is 11.3. The molecule has 35 heavy (non-hydrogen) atoms. The highest BCUT2D eigenvalue weighted by molar-refractivity contribution is 5.87. The zero-order valence-corrected chi connectivity index (χ0v) is 19.5. The quantitative estimate of drug-likeness (QED) is 0.398. The number of nitrogens with zero attached hydrogens (tertiary/aromatic N) is 6. The van der Waals surface area contributed by atoms with Crippen molar-refractivity contribution in [3.8, 4) is 11.1 Å². The zero-order valence-electron chi connectivity index (χ0n) is 19.5. The maximum Gasteiger partial charge on any atom is 0.411 e. The van der Waals surface area contributed by atoms with Crippen molar-refractivity contribution in [2.75, 3.05) is 30.8 Å². The molecule has 1 unspecified atom stereocenters. The number of anilines is 3. The Bertz CT molecular complexity index is 1510. The van der Waals surface area contributed by atoms with E-state index in [1.807, 2.05) is 29.9 Å². The molecule has 6 rings (SSSR count). The van der Waals surface area contributed by atoms with Gasteiger partial charge in [0.05, 0.1) is 19.5 Å². The van der Waals surface area contributed by atoms with Gasteiger partial charge in [-0.1, -0.05) is 0 Å². The smallest absolute Gasteiger partial charge is 0.411 e. The van der Waals surface area contributed by atoms with E-state index in [9.17, 15) is 9.59 Å². The maximum atomic E-state index is 13.0. The SMILES string of the molecule is COC(=O)Nc1cc(Nc2ncc3c(n2)n(C2[C@H]4CNC[C@@H]24)c(=O)n3C)cc(-c2cnn(C)c2)c1. The fourth-order valence-corrected chi connectivity index (χ4v) is 5.04. The molecule has 12 heteroatoms. The van der Waals surface area contributed by atoms with Crippen molar-refractivity contribution in [3.63, 3.8) is 0 Å². The lowest BCUT2D eigenvalue weighted by Gasteiger charge is -2.11. The minimum absolute atomic E-state index is 0.0750. The number of hydrogen-bond donors (Lipinski definition) is 3. The number of hydrogen-bond acceptors (Lipinski definition) is 8. The third-order valence-electron chi connectivity index (χ3n) is 6.84.